The van der Waals surface area contributed by atoms with Gasteiger partial charge in [0, 0.05) is 11.1 Å². The first kappa shape index (κ1) is 12.2. The van der Waals surface area contributed by atoms with Gasteiger partial charge in [0.2, 0.25) is 0 Å². The van der Waals surface area contributed by atoms with Crippen LogP contribution in [-0.2, 0) is 0 Å². The van der Waals surface area contributed by atoms with E-state index in [0.717, 1.165) is 0 Å². The molecule has 1 heterocycles. The highest BCUT2D eigenvalue weighted by Gasteiger charge is 2.16. The summed E-state index contributed by atoms with van der Waals surface area (Å²) in [6, 6.07) is 19.0. The van der Waals surface area contributed by atoms with Crippen molar-refractivity contribution in [3.05, 3.63) is 76.2 Å². The lowest BCUT2D eigenvalue weighted by Gasteiger charge is -2.05. The molecule has 0 radical (unpaired) electrons. The molecular weight excluding hydrogens is 250 g/mol. The minimum absolute atomic E-state index is 0.206. The summed E-state index contributed by atoms with van der Waals surface area (Å²) in [4.78, 5) is 5.79. The standard InChI is InChI=1S/C17H15NS/c1-13-7-9-14(10-8-13)11-16-12-18-17(19-16)15-5-3-2-4-6-15/h2-12,17H,1H3/b16-11-. The Bertz CT molecular complexity index is 611. The van der Waals surface area contributed by atoms with Crippen molar-refractivity contribution >= 4 is 24.1 Å². The molecule has 1 atom stereocenters. The van der Waals surface area contributed by atoms with E-state index in [1.807, 2.05) is 12.3 Å². The number of thioether (sulfide) groups is 1. The number of hydrogen-bond donors (Lipinski definition) is 0. The number of aliphatic imine (C=N–C) groups is 1. The highest BCUT2D eigenvalue weighted by molar-refractivity contribution is 8.04. The largest absolute Gasteiger partial charge is 0.273 e. The van der Waals surface area contributed by atoms with Gasteiger partial charge in [-0.3, -0.25) is 4.99 Å². The first-order valence-electron chi connectivity index (χ1n) is 6.34. The third-order valence-electron chi connectivity index (χ3n) is 3.06. The Balaban J connectivity index is 1.76. The zero-order valence-electron chi connectivity index (χ0n) is 10.8. The quantitative estimate of drug-likeness (QED) is 0.756. The van der Waals surface area contributed by atoms with Crippen molar-refractivity contribution < 1.29 is 0 Å². The lowest BCUT2D eigenvalue weighted by molar-refractivity contribution is 1.06. The van der Waals surface area contributed by atoms with Gasteiger partial charge in [0.15, 0.2) is 0 Å². The van der Waals surface area contributed by atoms with Crippen LogP contribution in [0.15, 0.2) is 64.5 Å². The molecule has 1 aliphatic heterocycles. The number of benzene rings is 2. The molecule has 0 saturated carbocycles. The Morgan fingerprint density at radius 2 is 1.74 bits per heavy atom. The first-order chi connectivity index (χ1) is 9.31. The molecule has 0 fully saturated rings. The predicted molar refractivity (Wildman–Crippen MR) is 84.4 cm³/mol. The van der Waals surface area contributed by atoms with Gasteiger partial charge in [0.05, 0.1) is 0 Å². The minimum Gasteiger partial charge on any atom is -0.273 e. The van der Waals surface area contributed by atoms with Crippen molar-refractivity contribution in [3.8, 4) is 0 Å². The highest BCUT2D eigenvalue weighted by Crippen LogP contribution is 2.40. The van der Waals surface area contributed by atoms with Gasteiger partial charge in [-0.1, -0.05) is 71.9 Å². The molecule has 0 saturated heterocycles. The zero-order valence-corrected chi connectivity index (χ0v) is 11.6. The van der Waals surface area contributed by atoms with E-state index in [9.17, 15) is 0 Å². The maximum absolute atomic E-state index is 4.57. The first-order valence-corrected chi connectivity index (χ1v) is 7.22. The summed E-state index contributed by atoms with van der Waals surface area (Å²) in [6.07, 6.45) is 4.17. The van der Waals surface area contributed by atoms with E-state index in [1.165, 1.54) is 21.6 Å². The molecule has 19 heavy (non-hydrogen) atoms. The Morgan fingerprint density at radius 3 is 2.47 bits per heavy atom. The van der Waals surface area contributed by atoms with Crippen LogP contribution in [0.2, 0.25) is 0 Å². The van der Waals surface area contributed by atoms with Crippen LogP contribution >= 0.6 is 11.8 Å². The number of rotatable bonds is 2. The molecular formula is C17H15NS. The summed E-state index contributed by atoms with van der Waals surface area (Å²) in [6.45, 7) is 2.11. The Morgan fingerprint density at radius 1 is 1.00 bits per heavy atom. The van der Waals surface area contributed by atoms with Gasteiger partial charge in [0.1, 0.15) is 5.37 Å². The molecule has 0 aliphatic carbocycles. The molecule has 0 amide bonds. The summed E-state index contributed by atoms with van der Waals surface area (Å²) in [5.41, 5.74) is 3.78. The average Bonchev–Trinajstić information content (AvgIpc) is 2.91. The molecule has 2 aromatic carbocycles. The number of allylic oxidation sites excluding steroid dienone is 1. The number of aryl methyl sites for hydroxylation is 1. The lowest BCUT2D eigenvalue weighted by atomic mass is 10.1. The van der Waals surface area contributed by atoms with Gasteiger partial charge in [-0.25, -0.2) is 0 Å². The SMILES string of the molecule is Cc1ccc(/C=C2/C=NC(c3ccccc3)S2)cc1. The number of nitrogens with zero attached hydrogens (tertiary/aromatic N) is 1. The van der Waals surface area contributed by atoms with Gasteiger partial charge < -0.3 is 0 Å². The summed E-state index contributed by atoms with van der Waals surface area (Å²) >= 11 is 1.80. The number of hydrogen-bond acceptors (Lipinski definition) is 2. The summed E-state index contributed by atoms with van der Waals surface area (Å²) in [5.74, 6) is 0. The molecule has 3 rings (SSSR count). The van der Waals surface area contributed by atoms with E-state index in [-0.39, 0.29) is 5.37 Å². The minimum atomic E-state index is 0.206. The van der Waals surface area contributed by atoms with Crippen molar-refractivity contribution in [2.75, 3.05) is 0 Å². The third-order valence-corrected chi connectivity index (χ3v) is 4.17. The van der Waals surface area contributed by atoms with Crippen molar-refractivity contribution in [3.63, 3.8) is 0 Å². The van der Waals surface area contributed by atoms with Gasteiger partial charge in [0.25, 0.3) is 0 Å². The van der Waals surface area contributed by atoms with Crippen LogP contribution < -0.4 is 0 Å². The second kappa shape index (κ2) is 5.45. The van der Waals surface area contributed by atoms with Crippen molar-refractivity contribution in [2.24, 2.45) is 4.99 Å². The summed E-state index contributed by atoms with van der Waals surface area (Å²) in [5, 5.41) is 0.206. The second-order valence-corrected chi connectivity index (χ2v) is 5.77. The fourth-order valence-corrected chi connectivity index (χ4v) is 3.00. The predicted octanol–water partition coefficient (Wildman–Crippen LogP) is 4.85. The molecule has 0 bridgehead atoms. The lowest BCUT2D eigenvalue weighted by Crippen LogP contribution is -1.84. The summed E-state index contributed by atoms with van der Waals surface area (Å²) < 4.78 is 0. The topological polar surface area (TPSA) is 12.4 Å². The van der Waals surface area contributed by atoms with Crippen LogP contribution in [-0.4, -0.2) is 6.21 Å². The van der Waals surface area contributed by atoms with E-state index >= 15 is 0 Å². The Labute approximate surface area is 118 Å². The molecule has 0 N–H and O–H groups in total. The van der Waals surface area contributed by atoms with Crippen LogP contribution in [0.1, 0.15) is 22.1 Å². The van der Waals surface area contributed by atoms with Crippen LogP contribution in [0.4, 0.5) is 0 Å². The Hall–Kier alpha value is -1.80. The third kappa shape index (κ3) is 2.96. The van der Waals surface area contributed by atoms with Crippen LogP contribution in [0.5, 0.6) is 0 Å². The molecule has 2 aromatic rings. The molecule has 1 nitrogen and oxygen atoms in total. The fourth-order valence-electron chi connectivity index (χ4n) is 2.00. The van der Waals surface area contributed by atoms with E-state index in [0.29, 0.717) is 0 Å². The smallest absolute Gasteiger partial charge is 0.125 e. The van der Waals surface area contributed by atoms with Crippen molar-refractivity contribution in [1.82, 2.24) is 0 Å². The van der Waals surface area contributed by atoms with E-state index in [4.69, 9.17) is 0 Å². The van der Waals surface area contributed by atoms with Crippen LogP contribution in [0.3, 0.4) is 0 Å². The maximum Gasteiger partial charge on any atom is 0.125 e. The van der Waals surface area contributed by atoms with Crippen LogP contribution in [0.25, 0.3) is 6.08 Å². The average molecular weight is 265 g/mol. The molecule has 94 valence electrons. The van der Waals surface area contributed by atoms with Gasteiger partial charge in [-0.2, -0.15) is 0 Å². The molecule has 0 aromatic heterocycles. The Kier molecular flexibility index (Phi) is 3.51. The maximum atomic E-state index is 4.57. The molecule has 0 spiro atoms. The van der Waals surface area contributed by atoms with Gasteiger partial charge in [-0.05, 0) is 24.1 Å². The fraction of sp³-hybridized carbons (Fsp3) is 0.118. The van der Waals surface area contributed by atoms with Crippen molar-refractivity contribution in [1.29, 1.82) is 0 Å². The van der Waals surface area contributed by atoms with E-state index in [2.05, 4.69) is 66.5 Å². The van der Waals surface area contributed by atoms with E-state index < -0.39 is 0 Å². The zero-order chi connectivity index (χ0) is 13.1. The normalized spacial score (nSPS) is 20.1. The molecule has 1 unspecified atom stereocenters. The highest BCUT2D eigenvalue weighted by atomic mass is 32.2. The van der Waals surface area contributed by atoms with Gasteiger partial charge >= 0.3 is 0 Å². The molecule has 1 aliphatic rings. The summed E-state index contributed by atoms with van der Waals surface area (Å²) in [7, 11) is 0. The second-order valence-electron chi connectivity index (χ2n) is 4.62. The van der Waals surface area contributed by atoms with E-state index in [1.54, 1.807) is 11.8 Å². The monoisotopic (exact) mass is 265 g/mol. The molecule has 2 heteroatoms. The van der Waals surface area contributed by atoms with Crippen molar-refractivity contribution in [2.45, 2.75) is 12.3 Å². The van der Waals surface area contributed by atoms with Crippen LogP contribution in [0, 0.1) is 6.92 Å². The van der Waals surface area contributed by atoms with Gasteiger partial charge in [-0.15, -0.1) is 0 Å².